The molecule has 0 saturated carbocycles. The van der Waals surface area contributed by atoms with Gasteiger partial charge in [0.05, 0.1) is 17.2 Å². The average Bonchev–Trinajstić information content (AvgIpc) is 2.93. The Balaban J connectivity index is 1.37. The first-order valence-electron chi connectivity index (χ1n) is 11.7. The number of sulfonamides is 1. The van der Waals surface area contributed by atoms with Crippen molar-refractivity contribution in [2.45, 2.75) is 18.7 Å². The van der Waals surface area contributed by atoms with Crippen molar-refractivity contribution in [1.29, 1.82) is 0 Å². The third-order valence-corrected chi connectivity index (χ3v) is 6.98. The second-order valence-corrected chi connectivity index (χ2v) is 9.85. The minimum atomic E-state index is -3.78. The van der Waals surface area contributed by atoms with Crippen molar-refractivity contribution in [1.82, 2.24) is 5.43 Å². The molecule has 0 heterocycles. The van der Waals surface area contributed by atoms with Crippen molar-refractivity contribution in [3.63, 3.8) is 0 Å². The van der Waals surface area contributed by atoms with E-state index in [4.69, 9.17) is 4.74 Å². The number of hydrogen-bond donors (Lipinski definition) is 2. The van der Waals surface area contributed by atoms with Gasteiger partial charge in [-0.15, -0.1) is 0 Å². The maximum atomic E-state index is 12.7. The summed E-state index contributed by atoms with van der Waals surface area (Å²) >= 11 is 0. The Labute approximate surface area is 216 Å². The number of carbonyl (C=O) groups is 1. The zero-order chi connectivity index (χ0) is 26.3. The standard InChI is InChI=1S/C29H27N3O4S/c1-3-36-27-17-19-28(20-18-27)37(34,35)32-26-15-13-25(14-16-26)29(33)31-30-21(2)22-9-11-24(12-10-22)23-7-5-4-6-8-23/h4-20,32H,3H2,1-2H3,(H,31,33)/b30-21+. The van der Waals surface area contributed by atoms with Gasteiger partial charge in [-0.1, -0.05) is 54.6 Å². The zero-order valence-electron chi connectivity index (χ0n) is 20.5. The normalized spacial score (nSPS) is 11.6. The molecule has 0 aromatic heterocycles. The van der Waals surface area contributed by atoms with Crippen molar-refractivity contribution in [3.05, 3.63) is 114 Å². The molecule has 0 aliphatic heterocycles. The number of rotatable bonds is 9. The number of nitrogens with zero attached hydrogens (tertiary/aromatic N) is 1. The van der Waals surface area contributed by atoms with Crippen LogP contribution in [0.4, 0.5) is 5.69 Å². The van der Waals surface area contributed by atoms with Gasteiger partial charge >= 0.3 is 0 Å². The van der Waals surface area contributed by atoms with Crippen LogP contribution in [0.1, 0.15) is 29.8 Å². The van der Waals surface area contributed by atoms with E-state index in [0.717, 1.165) is 16.7 Å². The molecule has 0 aliphatic carbocycles. The van der Waals surface area contributed by atoms with Crippen LogP contribution in [0.25, 0.3) is 11.1 Å². The van der Waals surface area contributed by atoms with Crippen LogP contribution in [0.5, 0.6) is 5.75 Å². The van der Waals surface area contributed by atoms with E-state index >= 15 is 0 Å². The average molecular weight is 514 g/mol. The van der Waals surface area contributed by atoms with Gasteiger partial charge in [-0.25, -0.2) is 13.8 Å². The third-order valence-electron chi connectivity index (χ3n) is 5.58. The Hall–Kier alpha value is -4.43. The lowest BCUT2D eigenvalue weighted by molar-refractivity contribution is 0.0955. The Morgan fingerprint density at radius 1 is 0.784 bits per heavy atom. The summed E-state index contributed by atoms with van der Waals surface area (Å²) in [4.78, 5) is 12.7. The summed E-state index contributed by atoms with van der Waals surface area (Å²) in [5.74, 6) is 0.195. The van der Waals surface area contributed by atoms with Crippen LogP contribution < -0.4 is 14.9 Å². The topological polar surface area (TPSA) is 96.9 Å². The highest BCUT2D eigenvalue weighted by molar-refractivity contribution is 7.92. The van der Waals surface area contributed by atoms with Crippen LogP contribution in [0.2, 0.25) is 0 Å². The molecule has 0 unspecified atom stereocenters. The van der Waals surface area contributed by atoms with Crippen LogP contribution in [-0.4, -0.2) is 26.6 Å². The molecule has 4 aromatic rings. The fraction of sp³-hybridized carbons (Fsp3) is 0.103. The monoisotopic (exact) mass is 513 g/mol. The smallest absolute Gasteiger partial charge is 0.271 e. The SMILES string of the molecule is CCOc1ccc(S(=O)(=O)Nc2ccc(C(=O)N/N=C(\C)c3ccc(-c4ccccc4)cc3)cc2)cc1. The summed E-state index contributed by atoms with van der Waals surface area (Å²) < 4.78 is 33.2. The van der Waals surface area contributed by atoms with Gasteiger partial charge in [0.2, 0.25) is 0 Å². The van der Waals surface area contributed by atoms with Gasteiger partial charge < -0.3 is 4.74 Å². The van der Waals surface area contributed by atoms with Gasteiger partial charge in [0.15, 0.2) is 0 Å². The molecule has 0 spiro atoms. The van der Waals surface area contributed by atoms with Crippen molar-refractivity contribution in [2.24, 2.45) is 5.10 Å². The molecule has 37 heavy (non-hydrogen) atoms. The summed E-state index contributed by atoms with van der Waals surface area (Å²) in [5.41, 5.74) is 7.01. The van der Waals surface area contributed by atoms with Gasteiger partial charge in [-0.3, -0.25) is 9.52 Å². The highest BCUT2D eigenvalue weighted by Crippen LogP contribution is 2.21. The number of ether oxygens (including phenoxy) is 1. The molecule has 0 atom stereocenters. The van der Waals surface area contributed by atoms with Gasteiger partial charge in [0.1, 0.15) is 5.75 Å². The molecule has 4 rings (SSSR count). The molecule has 0 aliphatic rings. The second kappa shape index (κ2) is 11.5. The number of benzene rings is 4. The Morgan fingerprint density at radius 3 is 2.00 bits per heavy atom. The van der Waals surface area contributed by atoms with Crippen molar-refractivity contribution in [2.75, 3.05) is 11.3 Å². The first-order chi connectivity index (χ1) is 17.9. The van der Waals surface area contributed by atoms with E-state index in [9.17, 15) is 13.2 Å². The van der Waals surface area contributed by atoms with E-state index in [2.05, 4.69) is 15.2 Å². The molecule has 8 heteroatoms. The summed E-state index contributed by atoms with van der Waals surface area (Å²) in [6.07, 6.45) is 0. The van der Waals surface area contributed by atoms with E-state index in [1.165, 1.54) is 36.4 Å². The number of hydrazone groups is 1. The highest BCUT2D eigenvalue weighted by atomic mass is 32.2. The van der Waals surface area contributed by atoms with Gasteiger partial charge in [-0.2, -0.15) is 5.10 Å². The molecule has 1 amide bonds. The quantitative estimate of drug-likeness (QED) is 0.221. The lowest BCUT2D eigenvalue weighted by Crippen LogP contribution is -2.19. The minimum Gasteiger partial charge on any atom is -0.494 e. The molecule has 0 fully saturated rings. The van der Waals surface area contributed by atoms with Gasteiger partial charge in [0.25, 0.3) is 15.9 Å². The number of nitrogens with one attached hydrogen (secondary N) is 2. The molecule has 0 bridgehead atoms. The predicted molar refractivity (Wildman–Crippen MR) is 146 cm³/mol. The van der Waals surface area contributed by atoms with E-state index in [-0.39, 0.29) is 4.90 Å². The summed E-state index contributed by atoms with van der Waals surface area (Å²) in [6, 6.07) is 30.3. The summed E-state index contributed by atoms with van der Waals surface area (Å²) in [5, 5.41) is 4.21. The first kappa shape index (κ1) is 25.7. The van der Waals surface area contributed by atoms with Crippen molar-refractivity contribution >= 4 is 27.3 Å². The molecule has 7 nitrogen and oxygen atoms in total. The van der Waals surface area contributed by atoms with E-state index in [1.807, 2.05) is 68.4 Å². The van der Waals surface area contributed by atoms with Crippen molar-refractivity contribution < 1.29 is 17.9 Å². The van der Waals surface area contributed by atoms with E-state index in [0.29, 0.717) is 29.3 Å². The fourth-order valence-electron chi connectivity index (χ4n) is 3.58. The van der Waals surface area contributed by atoms with E-state index in [1.54, 1.807) is 12.1 Å². The Kier molecular flexibility index (Phi) is 8.00. The molecule has 4 aromatic carbocycles. The Morgan fingerprint density at radius 2 is 1.38 bits per heavy atom. The van der Waals surface area contributed by atoms with E-state index < -0.39 is 15.9 Å². The first-order valence-corrected chi connectivity index (χ1v) is 13.2. The number of carbonyl (C=O) groups excluding carboxylic acids is 1. The zero-order valence-corrected chi connectivity index (χ0v) is 21.3. The molecular formula is C29H27N3O4S. The van der Waals surface area contributed by atoms with Gasteiger partial charge in [0, 0.05) is 11.3 Å². The number of anilines is 1. The van der Waals surface area contributed by atoms with Crippen LogP contribution in [0, 0.1) is 0 Å². The maximum absolute atomic E-state index is 12.7. The highest BCUT2D eigenvalue weighted by Gasteiger charge is 2.15. The third kappa shape index (κ3) is 6.62. The number of amides is 1. The van der Waals surface area contributed by atoms with Crippen LogP contribution in [0.3, 0.4) is 0 Å². The maximum Gasteiger partial charge on any atom is 0.271 e. The van der Waals surface area contributed by atoms with Crippen LogP contribution in [0.15, 0.2) is 113 Å². The molecular weight excluding hydrogens is 486 g/mol. The number of hydrogen-bond acceptors (Lipinski definition) is 5. The lowest BCUT2D eigenvalue weighted by Gasteiger charge is -2.10. The minimum absolute atomic E-state index is 0.111. The predicted octanol–water partition coefficient (Wildman–Crippen LogP) is 5.71. The molecule has 0 saturated heterocycles. The second-order valence-electron chi connectivity index (χ2n) is 8.17. The van der Waals surface area contributed by atoms with Crippen LogP contribution in [-0.2, 0) is 10.0 Å². The molecule has 2 N–H and O–H groups in total. The molecule has 188 valence electrons. The van der Waals surface area contributed by atoms with Crippen LogP contribution >= 0.6 is 0 Å². The fourth-order valence-corrected chi connectivity index (χ4v) is 4.64. The summed E-state index contributed by atoms with van der Waals surface area (Å²) in [6.45, 7) is 4.17. The van der Waals surface area contributed by atoms with Crippen molar-refractivity contribution in [3.8, 4) is 16.9 Å². The Bertz CT molecular complexity index is 1480. The summed E-state index contributed by atoms with van der Waals surface area (Å²) in [7, 11) is -3.78. The largest absolute Gasteiger partial charge is 0.494 e. The lowest BCUT2D eigenvalue weighted by atomic mass is 10.0. The van der Waals surface area contributed by atoms with Gasteiger partial charge in [-0.05, 0) is 79.1 Å². The molecule has 0 radical (unpaired) electrons.